The van der Waals surface area contributed by atoms with Crippen molar-refractivity contribution in [1.29, 1.82) is 0 Å². The Balaban J connectivity index is 1.80. The van der Waals surface area contributed by atoms with Gasteiger partial charge in [0.15, 0.2) is 11.6 Å². The van der Waals surface area contributed by atoms with Gasteiger partial charge in [-0.2, -0.15) is 0 Å². The van der Waals surface area contributed by atoms with Gasteiger partial charge in [0, 0.05) is 17.6 Å². The van der Waals surface area contributed by atoms with Crippen LogP contribution in [0, 0.1) is 12.7 Å². The molecule has 2 aromatic rings. The quantitative estimate of drug-likeness (QED) is 0.667. The van der Waals surface area contributed by atoms with E-state index in [1.807, 2.05) is 24.1 Å². The maximum atomic E-state index is 13.8. The molecule has 0 saturated heterocycles. The lowest BCUT2D eigenvalue weighted by atomic mass is 10.2. The summed E-state index contributed by atoms with van der Waals surface area (Å²) in [5.74, 6) is -0.953. The second-order valence-electron chi connectivity index (χ2n) is 5.93. The van der Waals surface area contributed by atoms with E-state index in [1.54, 1.807) is 12.1 Å². The molecule has 1 aromatic carbocycles. The van der Waals surface area contributed by atoms with Crippen molar-refractivity contribution >= 4 is 23.2 Å². The molecule has 0 aliphatic heterocycles. The van der Waals surface area contributed by atoms with Gasteiger partial charge in [-0.05, 0) is 31.2 Å². The maximum absolute atomic E-state index is 13.8. The first kappa shape index (κ1) is 20.8. The van der Waals surface area contributed by atoms with E-state index in [4.69, 9.17) is 4.74 Å². The van der Waals surface area contributed by atoms with Crippen LogP contribution in [0.3, 0.4) is 0 Å². The minimum absolute atomic E-state index is 0.0702. The Hall–Kier alpha value is -2.52. The van der Waals surface area contributed by atoms with Crippen molar-refractivity contribution in [3.8, 4) is 5.75 Å². The van der Waals surface area contributed by atoms with E-state index < -0.39 is 5.82 Å². The number of nitrogens with one attached hydrogen (secondary N) is 2. The lowest BCUT2D eigenvalue weighted by Gasteiger charge is -2.20. The van der Waals surface area contributed by atoms with Crippen molar-refractivity contribution in [2.24, 2.45) is 0 Å². The SMILES string of the molecule is CCN(CC(=O)NNC(=O)Cc1nc(C)cs1)Cc1ccc(OC)c(F)c1. The molecule has 146 valence electrons. The minimum Gasteiger partial charge on any atom is -0.494 e. The van der Waals surface area contributed by atoms with Gasteiger partial charge in [-0.3, -0.25) is 25.3 Å². The van der Waals surface area contributed by atoms with Crippen molar-refractivity contribution < 1.29 is 18.7 Å². The Morgan fingerprint density at radius 1 is 1.30 bits per heavy atom. The molecule has 0 spiro atoms. The Bertz CT molecular complexity index is 797. The molecule has 0 unspecified atom stereocenters. The second-order valence-corrected chi connectivity index (χ2v) is 6.87. The molecule has 1 aromatic heterocycles. The van der Waals surface area contributed by atoms with Gasteiger partial charge >= 0.3 is 0 Å². The van der Waals surface area contributed by atoms with E-state index in [1.165, 1.54) is 24.5 Å². The number of rotatable bonds is 8. The summed E-state index contributed by atoms with van der Waals surface area (Å²) in [6.07, 6.45) is 0.113. The molecule has 0 atom stereocenters. The molecule has 0 saturated carbocycles. The van der Waals surface area contributed by atoms with E-state index in [-0.39, 0.29) is 30.5 Å². The molecular formula is C18H23FN4O3S. The summed E-state index contributed by atoms with van der Waals surface area (Å²) in [6.45, 7) is 4.82. The van der Waals surface area contributed by atoms with Crippen LogP contribution in [-0.4, -0.2) is 41.9 Å². The van der Waals surface area contributed by atoms with E-state index in [2.05, 4.69) is 15.8 Å². The van der Waals surface area contributed by atoms with Crippen molar-refractivity contribution in [1.82, 2.24) is 20.7 Å². The molecule has 2 amide bonds. The molecule has 9 heteroatoms. The number of carbonyl (C=O) groups excluding carboxylic acids is 2. The lowest BCUT2D eigenvalue weighted by Crippen LogP contribution is -2.46. The number of ether oxygens (including phenoxy) is 1. The third-order valence-electron chi connectivity index (χ3n) is 3.76. The highest BCUT2D eigenvalue weighted by Gasteiger charge is 2.13. The van der Waals surface area contributed by atoms with Crippen molar-refractivity contribution in [3.63, 3.8) is 0 Å². The van der Waals surface area contributed by atoms with Gasteiger partial charge in [0.1, 0.15) is 5.01 Å². The van der Waals surface area contributed by atoms with Gasteiger partial charge in [-0.1, -0.05) is 13.0 Å². The molecule has 0 radical (unpaired) electrons. The van der Waals surface area contributed by atoms with Gasteiger partial charge < -0.3 is 4.74 Å². The number of hydrogen-bond donors (Lipinski definition) is 2. The molecule has 0 bridgehead atoms. The largest absolute Gasteiger partial charge is 0.494 e. The van der Waals surface area contributed by atoms with Crippen molar-refractivity contribution in [2.45, 2.75) is 26.8 Å². The monoisotopic (exact) mass is 394 g/mol. The summed E-state index contributed by atoms with van der Waals surface area (Å²) in [4.78, 5) is 29.9. The standard InChI is InChI=1S/C18H23FN4O3S/c1-4-23(9-13-5-6-15(26-3)14(19)7-13)10-17(25)22-21-16(24)8-18-20-12(2)11-27-18/h5-7,11H,4,8-10H2,1-3H3,(H,21,24)(H,22,25). The van der Waals surface area contributed by atoms with E-state index in [9.17, 15) is 14.0 Å². The second kappa shape index (κ2) is 9.98. The number of thiazole rings is 1. The normalized spacial score (nSPS) is 10.7. The average Bonchev–Trinajstić information content (AvgIpc) is 3.04. The number of hydrazine groups is 1. The van der Waals surface area contributed by atoms with E-state index >= 15 is 0 Å². The summed E-state index contributed by atoms with van der Waals surface area (Å²) >= 11 is 1.40. The van der Waals surface area contributed by atoms with Crippen LogP contribution in [0.25, 0.3) is 0 Å². The fourth-order valence-electron chi connectivity index (χ4n) is 2.39. The van der Waals surface area contributed by atoms with Gasteiger partial charge in [-0.25, -0.2) is 9.37 Å². The summed E-state index contributed by atoms with van der Waals surface area (Å²) in [5, 5.41) is 2.55. The number of aromatic nitrogens is 1. The van der Waals surface area contributed by atoms with Gasteiger partial charge in [-0.15, -0.1) is 11.3 Å². The molecule has 1 heterocycles. The molecule has 0 fully saturated rings. The fraction of sp³-hybridized carbons (Fsp3) is 0.389. The number of aryl methyl sites for hydroxylation is 1. The van der Waals surface area contributed by atoms with Gasteiger partial charge in [0.05, 0.1) is 20.1 Å². The smallest absolute Gasteiger partial charge is 0.252 e. The van der Waals surface area contributed by atoms with E-state index in [0.717, 1.165) is 11.3 Å². The third kappa shape index (κ3) is 6.61. The average molecular weight is 394 g/mol. The van der Waals surface area contributed by atoms with Crippen molar-refractivity contribution in [2.75, 3.05) is 20.2 Å². The number of amides is 2. The number of methoxy groups -OCH3 is 1. The first-order valence-electron chi connectivity index (χ1n) is 8.44. The molecule has 2 rings (SSSR count). The molecule has 27 heavy (non-hydrogen) atoms. The minimum atomic E-state index is -0.444. The number of hydrogen-bond acceptors (Lipinski definition) is 6. The fourth-order valence-corrected chi connectivity index (χ4v) is 3.16. The van der Waals surface area contributed by atoms with Crippen LogP contribution in [0.1, 0.15) is 23.2 Å². The summed E-state index contributed by atoms with van der Waals surface area (Å²) in [7, 11) is 1.41. The Labute approximate surface area is 161 Å². The predicted molar refractivity (Wildman–Crippen MR) is 101 cm³/mol. The molecule has 7 nitrogen and oxygen atoms in total. The van der Waals surface area contributed by atoms with Crippen LogP contribution in [-0.2, 0) is 22.6 Å². The number of halogens is 1. The third-order valence-corrected chi connectivity index (χ3v) is 4.72. The molecule has 2 N–H and O–H groups in total. The van der Waals surface area contributed by atoms with Crippen LogP contribution in [0.15, 0.2) is 23.6 Å². The number of benzene rings is 1. The Kier molecular flexibility index (Phi) is 7.68. The Morgan fingerprint density at radius 2 is 2.04 bits per heavy atom. The lowest BCUT2D eigenvalue weighted by molar-refractivity contribution is -0.129. The van der Waals surface area contributed by atoms with E-state index in [0.29, 0.717) is 18.1 Å². The maximum Gasteiger partial charge on any atom is 0.252 e. The highest BCUT2D eigenvalue weighted by atomic mass is 32.1. The van der Waals surface area contributed by atoms with Crippen LogP contribution >= 0.6 is 11.3 Å². The highest BCUT2D eigenvalue weighted by molar-refractivity contribution is 7.09. The molecule has 0 aliphatic carbocycles. The number of nitrogens with zero attached hydrogens (tertiary/aromatic N) is 2. The summed E-state index contributed by atoms with van der Waals surface area (Å²) in [5.41, 5.74) is 6.36. The predicted octanol–water partition coefficient (Wildman–Crippen LogP) is 1.81. The molecular weight excluding hydrogens is 371 g/mol. The first-order chi connectivity index (χ1) is 12.9. The summed E-state index contributed by atoms with van der Waals surface area (Å²) < 4.78 is 18.7. The van der Waals surface area contributed by atoms with Crippen LogP contribution in [0.2, 0.25) is 0 Å². The zero-order valence-electron chi connectivity index (χ0n) is 15.5. The zero-order valence-corrected chi connectivity index (χ0v) is 16.4. The van der Waals surface area contributed by atoms with Gasteiger partial charge in [0.25, 0.3) is 5.91 Å². The topological polar surface area (TPSA) is 83.6 Å². The number of likely N-dealkylation sites (N-methyl/N-ethyl adjacent to an activating group) is 1. The van der Waals surface area contributed by atoms with Crippen LogP contribution < -0.4 is 15.6 Å². The van der Waals surface area contributed by atoms with Crippen LogP contribution in [0.5, 0.6) is 5.75 Å². The summed E-state index contributed by atoms with van der Waals surface area (Å²) in [6, 6.07) is 4.69. The highest BCUT2D eigenvalue weighted by Crippen LogP contribution is 2.18. The van der Waals surface area contributed by atoms with Crippen LogP contribution in [0.4, 0.5) is 4.39 Å². The molecule has 0 aliphatic rings. The number of carbonyl (C=O) groups is 2. The Morgan fingerprint density at radius 3 is 2.63 bits per heavy atom. The van der Waals surface area contributed by atoms with Crippen molar-refractivity contribution in [3.05, 3.63) is 45.7 Å². The zero-order chi connectivity index (χ0) is 19.8. The first-order valence-corrected chi connectivity index (χ1v) is 9.32. The van der Waals surface area contributed by atoms with Gasteiger partial charge in [0.2, 0.25) is 5.91 Å².